The van der Waals surface area contributed by atoms with Gasteiger partial charge in [0.15, 0.2) is 0 Å². The molecule has 4 heterocycles. The van der Waals surface area contributed by atoms with Gasteiger partial charge in [-0.25, -0.2) is 0 Å². The highest BCUT2D eigenvalue weighted by molar-refractivity contribution is 5.75. The van der Waals surface area contributed by atoms with E-state index < -0.39 is 0 Å². The molecule has 0 unspecified atom stereocenters. The largest absolute Gasteiger partial charge is 0.356 e. The first kappa shape index (κ1) is 21.8. The average Bonchev–Trinajstić information content (AvgIpc) is 2.96. The van der Waals surface area contributed by atoms with Crippen molar-refractivity contribution in [3.05, 3.63) is 17.0 Å². The highest BCUT2D eigenvalue weighted by Crippen LogP contribution is 2.42. The molecule has 0 aromatic carbocycles. The summed E-state index contributed by atoms with van der Waals surface area (Å²) in [5, 5.41) is 7.60. The molecule has 30 heavy (non-hydrogen) atoms. The lowest BCUT2D eigenvalue weighted by Gasteiger charge is -2.57. The Labute approximate surface area is 182 Å². The maximum absolute atomic E-state index is 12.4. The summed E-state index contributed by atoms with van der Waals surface area (Å²) in [7, 11) is 4.31. The third-order valence-electron chi connectivity index (χ3n) is 8.19. The van der Waals surface area contributed by atoms with Crippen LogP contribution in [0, 0.1) is 25.7 Å². The molecule has 3 saturated heterocycles. The molecule has 4 atom stereocenters. The van der Waals surface area contributed by atoms with Crippen molar-refractivity contribution in [3.63, 3.8) is 0 Å². The number of amides is 1. The lowest BCUT2D eigenvalue weighted by molar-refractivity contribution is -0.121. The normalized spacial score (nSPS) is 29.6. The Morgan fingerprint density at radius 3 is 2.67 bits per heavy atom. The van der Waals surface area contributed by atoms with Crippen LogP contribution < -0.4 is 5.32 Å². The summed E-state index contributed by atoms with van der Waals surface area (Å²) in [5.74, 6) is 1.88. The Kier molecular flexibility index (Phi) is 6.83. The van der Waals surface area contributed by atoms with Gasteiger partial charge in [-0.15, -0.1) is 0 Å². The maximum Gasteiger partial charge on any atom is 0.220 e. The SMILES string of the molecule is Cc1nn(C)c(C)c1CCNC(=O)CCC[C@@H]1[C@H]2CCCN3CCC[C@@H](CN1C)[C@@H]23. The Hall–Kier alpha value is -1.40. The zero-order valence-electron chi connectivity index (χ0n) is 19.5. The summed E-state index contributed by atoms with van der Waals surface area (Å²) in [4.78, 5) is 17.9. The van der Waals surface area contributed by atoms with Gasteiger partial charge in [0, 0.05) is 44.3 Å². The van der Waals surface area contributed by atoms with E-state index in [0.29, 0.717) is 19.0 Å². The van der Waals surface area contributed by atoms with Crippen molar-refractivity contribution in [3.8, 4) is 0 Å². The summed E-state index contributed by atoms with van der Waals surface area (Å²) >= 11 is 0. The van der Waals surface area contributed by atoms with Crippen molar-refractivity contribution in [1.82, 2.24) is 24.9 Å². The van der Waals surface area contributed by atoms with Crippen LogP contribution in [-0.2, 0) is 18.3 Å². The van der Waals surface area contributed by atoms with Gasteiger partial charge in [-0.1, -0.05) is 0 Å². The summed E-state index contributed by atoms with van der Waals surface area (Å²) in [5.41, 5.74) is 3.54. The maximum atomic E-state index is 12.4. The molecule has 0 saturated carbocycles. The van der Waals surface area contributed by atoms with E-state index in [4.69, 9.17) is 0 Å². The zero-order chi connectivity index (χ0) is 21.3. The second-order valence-corrected chi connectivity index (χ2v) is 10.0. The Bertz CT molecular complexity index is 742. The molecular formula is C24H41N5O. The number of nitrogens with one attached hydrogen (secondary N) is 1. The quantitative estimate of drug-likeness (QED) is 0.744. The predicted molar refractivity (Wildman–Crippen MR) is 120 cm³/mol. The molecule has 0 spiro atoms. The first-order valence-electron chi connectivity index (χ1n) is 12.2. The Balaban J connectivity index is 1.23. The van der Waals surface area contributed by atoms with Crippen LogP contribution in [0.5, 0.6) is 0 Å². The van der Waals surface area contributed by atoms with Crippen molar-refractivity contribution >= 4 is 5.91 Å². The van der Waals surface area contributed by atoms with E-state index in [2.05, 4.69) is 34.2 Å². The monoisotopic (exact) mass is 415 g/mol. The number of likely N-dealkylation sites (tertiary alicyclic amines) is 1. The number of nitrogens with zero attached hydrogens (tertiary/aromatic N) is 4. The second kappa shape index (κ2) is 9.39. The second-order valence-electron chi connectivity index (χ2n) is 10.0. The molecule has 3 aliphatic rings. The molecule has 4 rings (SSSR count). The molecule has 3 fully saturated rings. The molecule has 6 nitrogen and oxygen atoms in total. The molecule has 1 aromatic rings. The molecule has 1 aromatic heterocycles. The number of carbonyl (C=O) groups is 1. The van der Waals surface area contributed by atoms with Crippen LogP contribution in [0.25, 0.3) is 0 Å². The van der Waals surface area contributed by atoms with Gasteiger partial charge in [0.25, 0.3) is 0 Å². The van der Waals surface area contributed by atoms with Crippen LogP contribution in [0.2, 0.25) is 0 Å². The zero-order valence-corrected chi connectivity index (χ0v) is 19.5. The molecule has 168 valence electrons. The van der Waals surface area contributed by atoms with E-state index in [1.807, 2.05) is 18.7 Å². The molecular weight excluding hydrogens is 374 g/mol. The van der Waals surface area contributed by atoms with E-state index in [1.165, 1.54) is 56.6 Å². The first-order valence-corrected chi connectivity index (χ1v) is 12.2. The number of hydrogen-bond donors (Lipinski definition) is 1. The highest BCUT2D eigenvalue weighted by atomic mass is 16.1. The summed E-state index contributed by atoms with van der Waals surface area (Å²) in [6.45, 7) is 8.73. The van der Waals surface area contributed by atoms with Gasteiger partial charge >= 0.3 is 0 Å². The third-order valence-corrected chi connectivity index (χ3v) is 8.19. The number of carbonyl (C=O) groups excluding carboxylic acids is 1. The minimum atomic E-state index is 0.202. The van der Waals surface area contributed by atoms with Gasteiger partial charge in [-0.3, -0.25) is 14.4 Å². The van der Waals surface area contributed by atoms with E-state index in [1.54, 1.807) is 0 Å². The average molecular weight is 416 g/mol. The fourth-order valence-corrected chi connectivity index (χ4v) is 6.71. The summed E-state index contributed by atoms with van der Waals surface area (Å²) < 4.78 is 1.93. The van der Waals surface area contributed by atoms with Crippen LogP contribution in [0.15, 0.2) is 0 Å². The lowest BCUT2D eigenvalue weighted by Crippen LogP contribution is -2.63. The van der Waals surface area contributed by atoms with E-state index >= 15 is 0 Å². The number of rotatable bonds is 7. The molecule has 0 bridgehead atoms. The summed E-state index contributed by atoms with van der Waals surface area (Å²) in [6.07, 6.45) is 9.20. The predicted octanol–water partition coefficient (Wildman–Crippen LogP) is 2.67. The molecule has 1 N–H and O–H groups in total. The molecule has 1 amide bonds. The van der Waals surface area contributed by atoms with Crippen LogP contribution in [0.3, 0.4) is 0 Å². The minimum absolute atomic E-state index is 0.202. The standard InChI is InChI=1S/C24H41N5O/c1-17-20(18(2)28(4)26-17)12-13-25-23(30)11-5-10-22-21-9-7-15-29-14-6-8-19(24(21)29)16-27(22)3/h19,21-22,24H,5-16H2,1-4H3,(H,25,30)/t19-,21+,22+,24-/m0/s1. The van der Waals surface area contributed by atoms with E-state index in [0.717, 1.165) is 42.8 Å². The van der Waals surface area contributed by atoms with Crippen LogP contribution in [-0.4, -0.2) is 70.8 Å². The molecule has 0 aliphatic carbocycles. The van der Waals surface area contributed by atoms with Crippen molar-refractivity contribution in [1.29, 1.82) is 0 Å². The lowest BCUT2D eigenvalue weighted by atomic mass is 9.69. The van der Waals surface area contributed by atoms with Gasteiger partial charge < -0.3 is 10.2 Å². The minimum Gasteiger partial charge on any atom is -0.356 e. The van der Waals surface area contributed by atoms with Crippen molar-refractivity contribution < 1.29 is 4.79 Å². The van der Waals surface area contributed by atoms with E-state index in [9.17, 15) is 4.79 Å². The fraction of sp³-hybridized carbons (Fsp3) is 0.833. The van der Waals surface area contributed by atoms with Gasteiger partial charge in [0.1, 0.15) is 0 Å². The van der Waals surface area contributed by atoms with Crippen LogP contribution in [0.4, 0.5) is 0 Å². The van der Waals surface area contributed by atoms with Gasteiger partial charge in [-0.05, 0) is 96.3 Å². The van der Waals surface area contributed by atoms with Gasteiger partial charge in [0.2, 0.25) is 5.91 Å². The topological polar surface area (TPSA) is 53.4 Å². The summed E-state index contributed by atoms with van der Waals surface area (Å²) in [6, 6.07) is 1.47. The number of aryl methyl sites for hydroxylation is 2. The van der Waals surface area contributed by atoms with Crippen LogP contribution in [0.1, 0.15) is 61.9 Å². The Morgan fingerprint density at radius 1 is 1.17 bits per heavy atom. The number of hydrogen-bond acceptors (Lipinski definition) is 4. The van der Waals surface area contributed by atoms with Gasteiger partial charge in [-0.2, -0.15) is 5.10 Å². The first-order chi connectivity index (χ1) is 14.5. The van der Waals surface area contributed by atoms with Crippen LogP contribution >= 0.6 is 0 Å². The van der Waals surface area contributed by atoms with Crippen molar-refractivity contribution in [2.45, 2.75) is 77.3 Å². The highest BCUT2D eigenvalue weighted by Gasteiger charge is 2.47. The van der Waals surface area contributed by atoms with Crippen molar-refractivity contribution in [2.24, 2.45) is 18.9 Å². The fourth-order valence-electron chi connectivity index (χ4n) is 6.71. The Morgan fingerprint density at radius 2 is 1.93 bits per heavy atom. The molecule has 6 heteroatoms. The molecule has 3 aliphatic heterocycles. The third kappa shape index (κ3) is 4.45. The van der Waals surface area contributed by atoms with Crippen molar-refractivity contribution in [2.75, 3.05) is 33.2 Å². The molecule has 0 radical (unpaired) electrons. The number of piperidine rings is 3. The van der Waals surface area contributed by atoms with Gasteiger partial charge in [0.05, 0.1) is 5.69 Å². The van der Waals surface area contributed by atoms with E-state index in [-0.39, 0.29) is 5.91 Å². The smallest absolute Gasteiger partial charge is 0.220 e. The number of aromatic nitrogens is 2.